The lowest BCUT2D eigenvalue weighted by molar-refractivity contribution is 0.0827. The molecule has 0 spiro atoms. The van der Waals surface area contributed by atoms with E-state index >= 15 is 0 Å². The summed E-state index contributed by atoms with van der Waals surface area (Å²) in [7, 11) is 3.26. The lowest BCUT2D eigenvalue weighted by Crippen LogP contribution is -2.22. The molecule has 2 amide bonds. The predicted octanol–water partition coefficient (Wildman–Crippen LogP) is 4.71. The first-order valence-corrected chi connectivity index (χ1v) is 8.12. The van der Waals surface area contributed by atoms with Gasteiger partial charge in [-0.3, -0.25) is 9.59 Å². The van der Waals surface area contributed by atoms with E-state index in [2.05, 4.69) is 21.2 Å². The lowest BCUT2D eigenvalue weighted by atomic mass is 10.1. The van der Waals surface area contributed by atoms with Gasteiger partial charge < -0.3 is 10.2 Å². The molecule has 120 valence electrons. The molecule has 0 aliphatic rings. The summed E-state index contributed by atoms with van der Waals surface area (Å²) < 4.78 is 0.623. The van der Waals surface area contributed by atoms with Gasteiger partial charge in [-0.2, -0.15) is 0 Å². The van der Waals surface area contributed by atoms with Crippen LogP contribution in [-0.2, 0) is 0 Å². The third kappa shape index (κ3) is 4.25. The summed E-state index contributed by atoms with van der Waals surface area (Å²) in [6, 6.07) is 9.68. The van der Waals surface area contributed by atoms with Crippen LogP contribution in [0.5, 0.6) is 0 Å². The van der Waals surface area contributed by atoms with Gasteiger partial charge in [-0.25, -0.2) is 0 Å². The highest BCUT2D eigenvalue weighted by Crippen LogP contribution is 2.25. The van der Waals surface area contributed by atoms with Crippen molar-refractivity contribution in [3.8, 4) is 0 Å². The maximum atomic E-state index is 12.4. The molecule has 0 heterocycles. The van der Waals surface area contributed by atoms with Crippen molar-refractivity contribution >= 4 is 56.6 Å². The zero-order valence-electron chi connectivity index (χ0n) is 12.4. The van der Waals surface area contributed by atoms with Crippen LogP contribution in [0.15, 0.2) is 40.9 Å². The number of anilines is 1. The molecular formula is C16H13BrCl2N2O2. The zero-order valence-corrected chi connectivity index (χ0v) is 15.5. The van der Waals surface area contributed by atoms with Gasteiger partial charge in [-0.05, 0) is 52.3 Å². The maximum Gasteiger partial charge on any atom is 0.256 e. The smallest absolute Gasteiger partial charge is 0.256 e. The molecule has 0 saturated heterocycles. The van der Waals surface area contributed by atoms with Gasteiger partial charge in [0.25, 0.3) is 11.8 Å². The summed E-state index contributed by atoms with van der Waals surface area (Å²) >= 11 is 15.3. The van der Waals surface area contributed by atoms with E-state index in [0.717, 1.165) is 0 Å². The second-order valence-electron chi connectivity index (χ2n) is 4.97. The molecule has 0 unspecified atom stereocenters. The quantitative estimate of drug-likeness (QED) is 0.788. The minimum absolute atomic E-state index is 0.241. The Labute approximate surface area is 152 Å². The van der Waals surface area contributed by atoms with E-state index in [9.17, 15) is 9.59 Å². The van der Waals surface area contributed by atoms with Crippen LogP contribution in [0.4, 0.5) is 5.69 Å². The predicted molar refractivity (Wildman–Crippen MR) is 96.6 cm³/mol. The van der Waals surface area contributed by atoms with Crippen molar-refractivity contribution in [2.45, 2.75) is 0 Å². The average molecular weight is 416 g/mol. The first-order chi connectivity index (χ1) is 10.8. The summed E-state index contributed by atoms with van der Waals surface area (Å²) in [6.07, 6.45) is 0. The Balaban J connectivity index is 2.30. The number of amides is 2. The van der Waals surface area contributed by atoms with Crippen LogP contribution in [0.3, 0.4) is 0 Å². The highest BCUT2D eigenvalue weighted by molar-refractivity contribution is 9.10. The number of nitrogens with one attached hydrogen (secondary N) is 1. The Hall–Kier alpha value is -1.56. The van der Waals surface area contributed by atoms with Crippen LogP contribution in [0.2, 0.25) is 10.0 Å². The third-order valence-corrected chi connectivity index (χ3v) is 4.29. The van der Waals surface area contributed by atoms with Gasteiger partial charge in [0.05, 0.1) is 16.1 Å². The van der Waals surface area contributed by atoms with Crippen molar-refractivity contribution in [3.05, 3.63) is 62.0 Å². The van der Waals surface area contributed by atoms with Gasteiger partial charge in [0.1, 0.15) is 0 Å². The molecule has 4 nitrogen and oxygen atoms in total. The number of hydrogen-bond donors (Lipinski definition) is 1. The number of halogens is 3. The van der Waals surface area contributed by atoms with Crippen molar-refractivity contribution in [1.82, 2.24) is 4.90 Å². The largest absolute Gasteiger partial charge is 0.345 e. The summed E-state index contributed by atoms with van der Waals surface area (Å²) in [5, 5.41) is 3.51. The van der Waals surface area contributed by atoms with Crippen molar-refractivity contribution in [3.63, 3.8) is 0 Å². The van der Waals surface area contributed by atoms with E-state index in [1.54, 1.807) is 50.5 Å². The van der Waals surface area contributed by atoms with Gasteiger partial charge in [0, 0.05) is 29.3 Å². The Morgan fingerprint density at radius 2 is 1.74 bits per heavy atom. The topological polar surface area (TPSA) is 49.4 Å². The fourth-order valence-corrected chi connectivity index (χ4v) is 2.67. The van der Waals surface area contributed by atoms with Crippen molar-refractivity contribution in [1.29, 1.82) is 0 Å². The van der Waals surface area contributed by atoms with Crippen LogP contribution < -0.4 is 5.32 Å². The van der Waals surface area contributed by atoms with E-state index in [1.807, 2.05) is 0 Å². The van der Waals surface area contributed by atoms with Gasteiger partial charge in [0.2, 0.25) is 0 Å². The second-order valence-corrected chi connectivity index (χ2v) is 6.67. The van der Waals surface area contributed by atoms with Crippen LogP contribution in [0, 0.1) is 0 Å². The molecule has 0 aliphatic heterocycles. The Morgan fingerprint density at radius 3 is 2.39 bits per heavy atom. The molecule has 0 aromatic heterocycles. The molecule has 7 heteroatoms. The van der Waals surface area contributed by atoms with Gasteiger partial charge >= 0.3 is 0 Å². The second kappa shape index (κ2) is 7.34. The highest BCUT2D eigenvalue weighted by Gasteiger charge is 2.15. The Kier molecular flexibility index (Phi) is 5.68. The summed E-state index contributed by atoms with van der Waals surface area (Å²) in [6.45, 7) is 0. The normalized spacial score (nSPS) is 10.3. The number of rotatable bonds is 3. The average Bonchev–Trinajstić information content (AvgIpc) is 2.50. The number of nitrogens with zero attached hydrogens (tertiary/aromatic N) is 1. The van der Waals surface area contributed by atoms with E-state index in [1.165, 1.54) is 4.90 Å². The van der Waals surface area contributed by atoms with Gasteiger partial charge in [0.15, 0.2) is 0 Å². The monoisotopic (exact) mass is 414 g/mol. The third-order valence-electron chi connectivity index (χ3n) is 3.03. The maximum absolute atomic E-state index is 12.4. The molecule has 0 bridgehead atoms. The highest BCUT2D eigenvalue weighted by atomic mass is 79.9. The first-order valence-electron chi connectivity index (χ1n) is 6.57. The summed E-state index contributed by atoms with van der Waals surface area (Å²) in [5.41, 5.74) is 1.18. The molecular weight excluding hydrogens is 403 g/mol. The summed E-state index contributed by atoms with van der Waals surface area (Å²) in [5.74, 6) is -0.583. The van der Waals surface area contributed by atoms with E-state index in [0.29, 0.717) is 31.3 Å². The van der Waals surface area contributed by atoms with E-state index in [4.69, 9.17) is 23.2 Å². The van der Waals surface area contributed by atoms with Gasteiger partial charge in [-0.15, -0.1) is 0 Å². The molecule has 0 radical (unpaired) electrons. The molecule has 2 rings (SSSR count). The molecule has 0 atom stereocenters. The SMILES string of the molecule is CN(C)C(=O)c1cc(NC(=O)c2cc(Cl)ccc2Br)ccc1Cl. The fraction of sp³-hybridized carbons (Fsp3) is 0.125. The molecule has 0 fully saturated rings. The van der Waals surface area contributed by atoms with E-state index in [-0.39, 0.29) is 11.8 Å². The van der Waals surface area contributed by atoms with Crippen molar-refractivity contribution in [2.24, 2.45) is 0 Å². The minimum Gasteiger partial charge on any atom is -0.345 e. The van der Waals surface area contributed by atoms with Crippen molar-refractivity contribution < 1.29 is 9.59 Å². The molecule has 2 aromatic rings. The van der Waals surface area contributed by atoms with Crippen LogP contribution in [0.1, 0.15) is 20.7 Å². The Morgan fingerprint density at radius 1 is 1.04 bits per heavy atom. The molecule has 0 aliphatic carbocycles. The number of benzene rings is 2. The molecule has 23 heavy (non-hydrogen) atoms. The lowest BCUT2D eigenvalue weighted by Gasteiger charge is -2.13. The number of carbonyl (C=O) groups is 2. The summed E-state index contributed by atoms with van der Waals surface area (Å²) in [4.78, 5) is 25.9. The van der Waals surface area contributed by atoms with Crippen LogP contribution in [-0.4, -0.2) is 30.8 Å². The van der Waals surface area contributed by atoms with Crippen LogP contribution in [0.25, 0.3) is 0 Å². The molecule has 2 aromatic carbocycles. The number of hydrogen-bond acceptors (Lipinski definition) is 2. The standard InChI is InChI=1S/C16H13BrCl2N2O2/c1-21(2)16(23)12-8-10(4-6-14(12)19)20-15(22)11-7-9(18)3-5-13(11)17/h3-8H,1-2H3,(H,20,22). The molecule has 1 N–H and O–H groups in total. The fourth-order valence-electron chi connectivity index (χ4n) is 1.88. The Bertz CT molecular complexity index is 779. The van der Waals surface area contributed by atoms with Gasteiger partial charge in [-0.1, -0.05) is 23.2 Å². The van der Waals surface area contributed by atoms with Crippen molar-refractivity contribution in [2.75, 3.05) is 19.4 Å². The number of carbonyl (C=O) groups excluding carboxylic acids is 2. The minimum atomic E-state index is -0.343. The zero-order chi connectivity index (χ0) is 17.1. The first kappa shape index (κ1) is 17.8. The van der Waals surface area contributed by atoms with Crippen LogP contribution >= 0.6 is 39.1 Å². The molecule has 0 saturated carbocycles. The van der Waals surface area contributed by atoms with E-state index < -0.39 is 0 Å².